The zero-order chi connectivity index (χ0) is 28.1. The number of rotatable bonds is 10. The molecule has 3 atom stereocenters. The Bertz CT molecular complexity index is 1410. The van der Waals surface area contributed by atoms with Gasteiger partial charge in [-0.25, -0.2) is 4.79 Å². The van der Waals surface area contributed by atoms with E-state index in [0.717, 1.165) is 0 Å². The van der Waals surface area contributed by atoms with Crippen molar-refractivity contribution in [2.45, 2.75) is 51.0 Å². The van der Waals surface area contributed by atoms with Crippen LogP contribution >= 0.6 is 0 Å². The molecule has 14 heteroatoms. The quantitative estimate of drug-likeness (QED) is 0.264. The molecule has 2 aliphatic heterocycles. The lowest BCUT2D eigenvalue weighted by atomic mass is 10.1. The summed E-state index contributed by atoms with van der Waals surface area (Å²) in [6, 6.07) is 5.95. The number of hydroxylamine groups is 2. The molecule has 39 heavy (non-hydrogen) atoms. The summed E-state index contributed by atoms with van der Waals surface area (Å²) in [6.07, 6.45) is -0.189. The number of amides is 3. The zero-order valence-electron chi connectivity index (χ0n) is 21.0. The monoisotopic (exact) mass is 541 g/mol. The Hall–Kier alpha value is -4.32. The number of carbonyl (C=O) groups excluding carboxylic acids is 3. The number of imide groups is 1. The van der Waals surface area contributed by atoms with E-state index in [9.17, 15) is 34.3 Å². The lowest BCUT2D eigenvalue weighted by molar-refractivity contribution is -0.164. The summed E-state index contributed by atoms with van der Waals surface area (Å²) in [6.45, 7) is 2.15. The first-order valence-electron chi connectivity index (χ1n) is 12.3. The third-order valence-corrected chi connectivity index (χ3v) is 6.25. The van der Waals surface area contributed by atoms with Gasteiger partial charge < -0.3 is 24.7 Å². The van der Waals surface area contributed by atoms with Crippen molar-refractivity contribution in [3.63, 3.8) is 0 Å². The fraction of sp³-hybridized carbons (Fsp3) is 0.440. The number of hydrogen-bond donors (Lipinski definition) is 3. The molecule has 2 aromatic rings. The Morgan fingerprint density at radius 3 is 2.72 bits per heavy atom. The Labute approximate surface area is 221 Å². The molecule has 4 rings (SSSR count). The van der Waals surface area contributed by atoms with Crippen molar-refractivity contribution in [3.8, 4) is 11.8 Å². The van der Waals surface area contributed by atoms with Crippen LogP contribution in [0, 0.1) is 18.3 Å². The molecular weight excluding hydrogens is 514 g/mol. The molecule has 3 amide bonds. The minimum atomic E-state index is -0.864. The van der Waals surface area contributed by atoms with Gasteiger partial charge in [0.15, 0.2) is 5.75 Å². The van der Waals surface area contributed by atoms with Crippen molar-refractivity contribution in [3.05, 3.63) is 61.9 Å². The highest BCUT2D eigenvalue weighted by Crippen LogP contribution is 2.28. The van der Waals surface area contributed by atoms with Gasteiger partial charge in [0.05, 0.1) is 18.3 Å². The number of nitriles is 1. The van der Waals surface area contributed by atoms with Crippen LogP contribution in [-0.4, -0.2) is 69.4 Å². The topological polar surface area (TPSA) is 193 Å². The average Bonchev–Trinajstić information content (AvgIpc) is 3.44. The number of aliphatic hydroxyl groups is 1. The van der Waals surface area contributed by atoms with E-state index in [1.807, 2.05) is 6.07 Å². The zero-order valence-corrected chi connectivity index (χ0v) is 21.0. The van der Waals surface area contributed by atoms with E-state index in [2.05, 4.69) is 10.3 Å². The van der Waals surface area contributed by atoms with Crippen LogP contribution in [0.2, 0.25) is 0 Å². The fourth-order valence-corrected chi connectivity index (χ4v) is 4.11. The van der Waals surface area contributed by atoms with Gasteiger partial charge in [-0.15, -0.1) is 5.06 Å². The van der Waals surface area contributed by atoms with Crippen molar-refractivity contribution < 1.29 is 33.8 Å². The predicted molar refractivity (Wildman–Crippen MR) is 131 cm³/mol. The van der Waals surface area contributed by atoms with Crippen molar-refractivity contribution in [1.29, 1.82) is 5.26 Å². The van der Waals surface area contributed by atoms with Gasteiger partial charge in [-0.3, -0.25) is 28.7 Å². The first kappa shape index (κ1) is 27.7. The summed E-state index contributed by atoms with van der Waals surface area (Å²) < 4.78 is 12.5. The summed E-state index contributed by atoms with van der Waals surface area (Å²) in [5.74, 6) is -1.45. The summed E-state index contributed by atoms with van der Waals surface area (Å²) in [7, 11) is 0. The molecule has 1 aromatic carbocycles. The number of benzene rings is 1. The van der Waals surface area contributed by atoms with Gasteiger partial charge in [0, 0.05) is 49.7 Å². The molecule has 0 radical (unpaired) electrons. The molecular formula is C25H27N5O9. The molecule has 3 N–H and O–H groups in total. The molecule has 0 bridgehead atoms. The van der Waals surface area contributed by atoms with Crippen LogP contribution in [0.3, 0.4) is 0 Å². The van der Waals surface area contributed by atoms with Crippen LogP contribution in [0.5, 0.6) is 5.75 Å². The normalized spacial score (nSPS) is 20.7. The Balaban J connectivity index is 1.20. The second-order valence-electron chi connectivity index (χ2n) is 9.09. The number of ether oxygens (including phenoxy) is 2. The van der Waals surface area contributed by atoms with Crippen LogP contribution < -0.4 is 21.4 Å². The third-order valence-electron chi connectivity index (χ3n) is 6.25. The maximum absolute atomic E-state index is 12.5. The first-order chi connectivity index (χ1) is 18.7. The van der Waals surface area contributed by atoms with Gasteiger partial charge in [0.25, 0.3) is 23.3 Å². The minimum absolute atomic E-state index is 0.00815. The fourth-order valence-electron chi connectivity index (χ4n) is 4.11. The highest BCUT2D eigenvalue weighted by molar-refractivity contribution is 6.01. The molecule has 206 valence electrons. The minimum Gasteiger partial charge on any atom is -0.390 e. The molecule has 3 heterocycles. The predicted octanol–water partition coefficient (Wildman–Crippen LogP) is -0.355. The second kappa shape index (κ2) is 12.0. The smallest absolute Gasteiger partial charge is 0.330 e. The molecule has 2 saturated heterocycles. The SMILES string of the molecule is Cc1cn([C@H]2C[C@H](O)[C@@H](COCCCNC(=O)c3ccc(ON4C(=O)CCC4=O)c(C#N)c3)O2)c(=O)[nH]c1=O. The number of aryl methyl sites for hydroxylation is 1. The molecule has 0 saturated carbocycles. The Morgan fingerprint density at radius 1 is 1.26 bits per heavy atom. The lowest BCUT2D eigenvalue weighted by Gasteiger charge is -2.16. The number of nitrogens with zero attached hydrogens (tertiary/aromatic N) is 3. The molecule has 0 spiro atoms. The third kappa shape index (κ3) is 6.40. The average molecular weight is 542 g/mol. The standard InChI is InChI=1S/C25H27N5O9/c1-14-12-29(25(36)28-23(14)34)22-10-17(31)19(38-22)13-37-8-2-7-27-24(35)15-3-4-18(16(9-15)11-26)39-30-20(32)5-6-21(30)33/h3-4,9,12,17,19,22,31H,2,5-8,10,13H2,1H3,(H,27,35)(H,28,34,36)/t17-,19+,22+/m0/s1. The van der Waals surface area contributed by atoms with E-state index in [1.54, 1.807) is 6.92 Å². The number of H-pyrrole nitrogens is 1. The van der Waals surface area contributed by atoms with Crippen molar-refractivity contribution >= 4 is 17.7 Å². The van der Waals surface area contributed by atoms with Gasteiger partial charge in [-0.2, -0.15) is 5.26 Å². The molecule has 0 unspecified atom stereocenters. The van der Waals surface area contributed by atoms with E-state index >= 15 is 0 Å². The molecule has 2 aliphatic rings. The largest absolute Gasteiger partial charge is 0.390 e. The van der Waals surface area contributed by atoms with Gasteiger partial charge >= 0.3 is 5.69 Å². The van der Waals surface area contributed by atoms with E-state index < -0.39 is 47.4 Å². The van der Waals surface area contributed by atoms with Gasteiger partial charge in [-0.1, -0.05) is 0 Å². The maximum Gasteiger partial charge on any atom is 0.330 e. The number of hydrogen-bond acceptors (Lipinski definition) is 10. The summed E-state index contributed by atoms with van der Waals surface area (Å²) >= 11 is 0. The van der Waals surface area contributed by atoms with Crippen molar-refractivity contribution in [1.82, 2.24) is 19.9 Å². The van der Waals surface area contributed by atoms with Gasteiger partial charge in [0.1, 0.15) is 18.4 Å². The Kier molecular flexibility index (Phi) is 8.55. The lowest BCUT2D eigenvalue weighted by Crippen LogP contribution is -2.33. The van der Waals surface area contributed by atoms with E-state index in [-0.39, 0.29) is 55.9 Å². The summed E-state index contributed by atoms with van der Waals surface area (Å²) in [5, 5.41) is 23.0. The van der Waals surface area contributed by atoms with Crippen LogP contribution in [0.15, 0.2) is 34.0 Å². The summed E-state index contributed by atoms with van der Waals surface area (Å²) in [5.41, 5.74) is -0.573. The summed E-state index contributed by atoms with van der Waals surface area (Å²) in [4.78, 5) is 67.1. The van der Waals surface area contributed by atoms with E-state index in [4.69, 9.17) is 14.3 Å². The number of aliphatic hydroxyl groups excluding tert-OH is 1. The van der Waals surface area contributed by atoms with Crippen LogP contribution in [-0.2, 0) is 19.1 Å². The number of carbonyl (C=O) groups is 3. The second-order valence-corrected chi connectivity index (χ2v) is 9.09. The number of aromatic nitrogens is 2. The maximum atomic E-state index is 12.5. The van der Waals surface area contributed by atoms with Crippen LogP contribution in [0.1, 0.15) is 53.4 Å². The van der Waals surface area contributed by atoms with Gasteiger partial charge in [-0.05, 0) is 31.5 Å². The first-order valence-corrected chi connectivity index (χ1v) is 12.3. The Morgan fingerprint density at radius 2 is 2.00 bits per heavy atom. The highest BCUT2D eigenvalue weighted by Gasteiger charge is 2.36. The highest BCUT2D eigenvalue weighted by atomic mass is 16.7. The number of aromatic amines is 1. The van der Waals surface area contributed by atoms with Crippen LogP contribution in [0.25, 0.3) is 0 Å². The van der Waals surface area contributed by atoms with E-state index in [1.165, 1.54) is 29.0 Å². The van der Waals surface area contributed by atoms with Crippen molar-refractivity contribution in [2.24, 2.45) is 0 Å². The number of nitrogens with one attached hydrogen (secondary N) is 2. The molecule has 0 aliphatic carbocycles. The van der Waals surface area contributed by atoms with E-state index in [0.29, 0.717) is 17.0 Å². The van der Waals surface area contributed by atoms with Crippen molar-refractivity contribution in [2.75, 3.05) is 19.8 Å². The van der Waals surface area contributed by atoms with Gasteiger partial charge in [0.2, 0.25) is 0 Å². The molecule has 1 aromatic heterocycles. The molecule has 14 nitrogen and oxygen atoms in total. The van der Waals surface area contributed by atoms with Crippen LogP contribution in [0.4, 0.5) is 0 Å². The molecule has 2 fully saturated rings.